The lowest BCUT2D eigenvalue weighted by Gasteiger charge is -2.16. The van der Waals surface area contributed by atoms with Gasteiger partial charge in [-0.2, -0.15) is 37.3 Å². The van der Waals surface area contributed by atoms with Gasteiger partial charge in [0, 0.05) is 22.4 Å². The summed E-state index contributed by atoms with van der Waals surface area (Å²) < 4.78 is 76.6. The minimum atomic E-state index is -5.18. The molecule has 2 unspecified atom stereocenters. The summed E-state index contributed by atoms with van der Waals surface area (Å²) >= 11 is 0. The SMILES string of the molecule is COc1ccccc1NC(=O)C(N=Nc1cc(S(=O)(=O)O)c(-c2cc(C)c(N=NC(C(C)=O)C(=O)Nc3ccccc3CO)cc2S(=O)(=O)O)cc1C)C(C)=O. The molecule has 18 nitrogen and oxygen atoms in total. The molecule has 4 rings (SSSR count). The molecule has 294 valence electrons. The minimum Gasteiger partial charge on any atom is -0.495 e. The summed E-state index contributed by atoms with van der Waals surface area (Å²) in [5, 5.41) is 30.0. The normalized spacial score (nSPS) is 13.0. The molecular weight excluding hydrogens is 773 g/mol. The van der Waals surface area contributed by atoms with Gasteiger partial charge in [0.1, 0.15) is 15.5 Å². The summed E-state index contributed by atoms with van der Waals surface area (Å²) in [6.07, 6.45) is 0. The number of benzene rings is 4. The molecule has 4 aromatic carbocycles. The zero-order valence-corrected chi connectivity index (χ0v) is 32.0. The van der Waals surface area contributed by atoms with Crippen molar-refractivity contribution in [1.29, 1.82) is 0 Å². The molecule has 0 bridgehead atoms. The van der Waals surface area contributed by atoms with Gasteiger partial charge in [-0.05, 0) is 81.3 Å². The van der Waals surface area contributed by atoms with E-state index >= 15 is 0 Å². The summed E-state index contributed by atoms with van der Waals surface area (Å²) in [7, 11) is -8.98. The molecule has 0 aliphatic rings. The minimum absolute atomic E-state index is 0.123. The number of hydrogen-bond donors (Lipinski definition) is 5. The first kappa shape index (κ1) is 42.7. The third kappa shape index (κ3) is 10.2. The molecule has 20 heteroatoms. The van der Waals surface area contributed by atoms with Gasteiger partial charge in [0.15, 0.2) is 11.6 Å². The van der Waals surface area contributed by atoms with Crippen LogP contribution in [-0.4, -0.2) is 73.6 Å². The number of carbonyl (C=O) groups is 4. The molecule has 0 aliphatic carbocycles. The van der Waals surface area contributed by atoms with Crippen LogP contribution in [0, 0.1) is 13.8 Å². The quantitative estimate of drug-likeness (QED) is 0.0579. The number of nitrogens with one attached hydrogen (secondary N) is 2. The maximum absolute atomic E-state index is 13.0. The summed E-state index contributed by atoms with van der Waals surface area (Å²) in [5.74, 6) is -2.97. The highest BCUT2D eigenvalue weighted by Crippen LogP contribution is 2.40. The molecule has 0 aliphatic heterocycles. The first-order valence-electron chi connectivity index (χ1n) is 16.3. The van der Waals surface area contributed by atoms with E-state index in [1.807, 2.05) is 0 Å². The molecule has 5 N–H and O–H groups in total. The zero-order valence-electron chi connectivity index (χ0n) is 30.4. The van der Waals surface area contributed by atoms with E-state index in [1.165, 1.54) is 33.1 Å². The molecule has 0 fully saturated rings. The number of azo groups is 2. The predicted octanol–water partition coefficient (Wildman–Crippen LogP) is 5.32. The molecule has 2 amide bonds. The Morgan fingerprint density at radius 1 is 0.679 bits per heavy atom. The average Bonchev–Trinajstić information content (AvgIpc) is 3.11. The molecule has 0 saturated carbocycles. The predicted molar refractivity (Wildman–Crippen MR) is 202 cm³/mol. The number of para-hydroxylation sites is 3. The van der Waals surface area contributed by atoms with Crippen LogP contribution in [0.2, 0.25) is 0 Å². The Morgan fingerprint density at radius 3 is 1.50 bits per heavy atom. The maximum atomic E-state index is 13.0. The molecular formula is C36H36N6O12S2. The zero-order chi connectivity index (χ0) is 41.5. The van der Waals surface area contributed by atoms with Gasteiger partial charge in [-0.15, -0.1) is 0 Å². The monoisotopic (exact) mass is 808 g/mol. The van der Waals surface area contributed by atoms with Crippen LogP contribution in [-0.2, 0) is 46.0 Å². The summed E-state index contributed by atoms with van der Waals surface area (Å²) in [6, 6.07) is 13.1. The van der Waals surface area contributed by atoms with E-state index in [0.29, 0.717) is 11.3 Å². The van der Waals surface area contributed by atoms with E-state index in [-0.39, 0.29) is 33.9 Å². The fourth-order valence-electron chi connectivity index (χ4n) is 5.22. The van der Waals surface area contributed by atoms with Crippen LogP contribution in [0.15, 0.2) is 103 Å². The Hall–Kier alpha value is -6.06. The van der Waals surface area contributed by atoms with Crippen LogP contribution in [0.5, 0.6) is 5.75 Å². The molecule has 0 aromatic heterocycles. The van der Waals surface area contributed by atoms with Crippen LogP contribution in [0.4, 0.5) is 22.7 Å². The molecule has 0 spiro atoms. The van der Waals surface area contributed by atoms with E-state index in [9.17, 15) is 50.2 Å². The molecule has 0 radical (unpaired) electrons. The molecule has 0 saturated heterocycles. The second-order valence-corrected chi connectivity index (χ2v) is 15.0. The first-order chi connectivity index (χ1) is 26.3. The van der Waals surface area contributed by atoms with Crippen molar-refractivity contribution in [3.05, 3.63) is 89.5 Å². The number of nitrogens with zero attached hydrogens (tertiary/aromatic N) is 4. The smallest absolute Gasteiger partial charge is 0.295 e. The fourth-order valence-corrected chi connectivity index (χ4v) is 6.64. The summed E-state index contributed by atoms with van der Waals surface area (Å²) in [4.78, 5) is 49.1. The Balaban J connectivity index is 1.76. The van der Waals surface area contributed by atoms with E-state index < -0.39 is 83.2 Å². The number of amides is 2. The van der Waals surface area contributed by atoms with Crippen LogP contribution in [0.1, 0.15) is 30.5 Å². The Bertz CT molecular complexity index is 2330. The number of aryl methyl sites for hydroxylation is 2. The highest BCUT2D eigenvalue weighted by Gasteiger charge is 2.29. The summed E-state index contributed by atoms with van der Waals surface area (Å²) in [5.41, 5.74) is -0.253. The number of anilines is 2. The largest absolute Gasteiger partial charge is 0.495 e. The third-order valence-corrected chi connectivity index (χ3v) is 9.87. The lowest BCUT2D eigenvalue weighted by molar-refractivity contribution is -0.127. The number of rotatable bonds is 15. The number of hydrogen-bond acceptors (Lipinski definition) is 14. The number of ether oxygens (including phenoxy) is 1. The lowest BCUT2D eigenvalue weighted by Crippen LogP contribution is -2.32. The van der Waals surface area contributed by atoms with E-state index in [2.05, 4.69) is 31.1 Å². The Labute approximate surface area is 321 Å². The first-order valence-corrected chi connectivity index (χ1v) is 19.2. The van der Waals surface area contributed by atoms with Crippen molar-refractivity contribution in [1.82, 2.24) is 0 Å². The van der Waals surface area contributed by atoms with Crippen LogP contribution >= 0.6 is 0 Å². The van der Waals surface area contributed by atoms with Gasteiger partial charge < -0.3 is 20.5 Å². The van der Waals surface area contributed by atoms with Crippen molar-refractivity contribution < 1.29 is 55.0 Å². The Kier molecular flexibility index (Phi) is 13.4. The third-order valence-electron chi connectivity index (χ3n) is 8.08. The van der Waals surface area contributed by atoms with Crippen LogP contribution in [0.3, 0.4) is 0 Å². The Morgan fingerprint density at radius 2 is 1.09 bits per heavy atom. The van der Waals surface area contributed by atoms with Gasteiger partial charge in [-0.25, -0.2) is 0 Å². The van der Waals surface area contributed by atoms with Gasteiger partial charge in [0.05, 0.1) is 30.8 Å². The standard InChI is InChI=1S/C36H36N6O12S2/c1-19-14-24(31(55(48,49)50)16-28(19)39-41-33(21(3)44)35(46)37-26-11-7-6-10-23(26)18-43)25-15-20(2)29(17-32(25)56(51,52)53)40-42-34(22(4)45)36(47)38-27-12-8-9-13-30(27)54-5/h6-17,33-34,43H,18H2,1-5H3,(H,37,46)(H,38,47)(H,48,49,50)(H,51,52,53). The van der Waals surface area contributed by atoms with Gasteiger partial charge in [0.25, 0.3) is 32.1 Å². The molecule has 0 heterocycles. The highest BCUT2D eigenvalue weighted by atomic mass is 32.2. The van der Waals surface area contributed by atoms with E-state index in [1.54, 1.807) is 36.4 Å². The molecule has 2 atom stereocenters. The van der Waals surface area contributed by atoms with Crippen molar-refractivity contribution in [2.24, 2.45) is 20.5 Å². The number of Topliss-reactive ketones (excluding diaryl/α,β-unsaturated/α-hetero) is 2. The van der Waals surface area contributed by atoms with E-state index in [4.69, 9.17) is 4.74 Å². The van der Waals surface area contributed by atoms with E-state index in [0.717, 1.165) is 38.1 Å². The second-order valence-electron chi connectivity index (χ2n) is 12.2. The highest BCUT2D eigenvalue weighted by molar-refractivity contribution is 7.86. The van der Waals surface area contributed by atoms with Crippen molar-refractivity contribution >= 4 is 66.4 Å². The number of aliphatic hydroxyl groups is 1. The number of methoxy groups -OCH3 is 1. The van der Waals surface area contributed by atoms with Crippen LogP contribution < -0.4 is 15.4 Å². The topological polar surface area (TPSA) is 280 Å². The van der Waals surface area contributed by atoms with Crippen molar-refractivity contribution in [3.63, 3.8) is 0 Å². The van der Waals surface area contributed by atoms with Crippen molar-refractivity contribution in [2.75, 3.05) is 17.7 Å². The van der Waals surface area contributed by atoms with Crippen molar-refractivity contribution in [3.8, 4) is 16.9 Å². The van der Waals surface area contributed by atoms with Gasteiger partial charge in [0.2, 0.25) is 12.1 Å². The van der Waals surface area contributed by atoms with Gasteiger partial charge >= 0.3 is 0 Å². The van der Waals surface area contributed by atoms with Crippen LogP contribution in [0.25, 0.3) is 11.1 Å². The average molecular weight is 809 g/mol. The summed E-state index contributed by atoms with van der Waals surface area (Å²) in [6.45, 7) is 4.56. The van der Waals surface area contributed by atoms with Crippen molar-refractivity contribution in [2.45, 2.75) is 56.2 Å². The molecule has 56 heavy (non-hydrogen) atoms. The van der Waals surface area contributed by atoms with Gasteiger partial charge in [-0.1, -0.05) is 30.3 Å². The number of aliphatic hydroxyl groups excluding tert-OH is 1. The second kappa shape index (κ2) is 17.6. The fraction of sp³-hybridized carbons (Fsp3) is 0.222. The van der Waals surface area contributed by atoms with Gasteiger partial charge in [-0.3, -0.25) is 28.3 Å². The number of ketones is 2. The lowest BCUT2D eigenvalue weighted by atomic mass is 9.99. The maximum Gasteiger partial charge on any atom is 0.295 e. The number of carbonyl (C=O) groups excluding carboxylic acids is 4. The molecule has 4 aromatic rings.